The Hall–Kier alpha value is -3.96. The average molecular weight is 488 g/mol. The van der Waals surface area contributed by atoms with Crippen molar-refractivity contribution in [1.29, 1.82) is 0 Å². The number of hydrogen-bond donors (Lipinski definition) is 1. The van der Waals surface area contributed by atoms with E-state index in [0.717, 1.165) is 16.7 Å². The van der Waals surface area contributed by atoms with Crippen LogP contribution in [0, 0.1) is 12.7 Å². The van der Waals surface area contributed by atoms with Crippen LogP contribution in [0.25, 0.3) is 17.4 Å². The molecule has 1 aromatic heterocycles. The van der Waals surface area contributed by atoms with Gasteiger partial charge in [-0.3, -0.25) is 9.59 Å². The van der Waals surface area contributed by atoms with E-state index in [-0.39, 0.29) is 30.1 Å². The molecule has 3 aromatic carbocycles. The molecule has 0 fully saturated rings. The number of hydrogen-bond acceptors (Lipinski definition) is 3. The molecule has 0 saturated heterocycles. The third-order valence-electron chi connectivity index (χ3n) is 5.45. The quantitative estimate of drug-likeness (QED) is 0.214. The predicted octanol–water partition coefficient (Wildman–Crippen LogP) is 7.02. The number of aryl methyl sites for hydroxylation is 1. The number of halogens is 2. The van der Waals surface area contributed by atoms with Gasteiger partial charge in [0.2, 0.25) is 5.91 Å². The summed E-state index contributed by atoms with van der Waals surface area (Å²) in [5.41, 5.74) is 3.41. The molecule has 0 atom stereocenters. The van der Waals surface area contributed by atoms with Crippen molar-refractivity contribution in [2.75, 3.05) is 0 Å². The van der Waals surface area contributed by atoms with E-state index >= 15 is 0 Å². The first-order valence-electron chi connectivity index (χ1n) is 11.1. The molecule has 0 spiro atoms. The summed E-state index contributed by atoms with van der Waals surface area (Å²) in [4.78, 5) is 26.0. The highest BCUT2D eigenvalue weighted by atomic mass is 35.5. The molecule has 0 saturated carbocycles. The summed E-state index contributed by atoms with van der Waals surface area (Å²) in [7, 11) is 0. The summed E-state index contributed by atoms with van der Waals surface area (Å²) in [6.45, 7) is 2.14. The van der Waals surface area contributed by atoms with Crippen molar-refractivity contribution in [3.05, 3.63) is 124 Å². The van der Waals surface area contributed by atoms with Gasteiger partial charge in [-0.25, -0.2) is 4.39 Å². The summed E-state index contributed by atoms with van der Waals surface area (Å²) in [5.74, 6) is 0.123. The largest absolute Gasteiger partial charge is 0.457 e. The standard InChI is InChI=1S/C29H23ClFNO3/c1-19-2-6-21(7-3-19)27(33)17-23(29(34)32-18-20-4-12-25(31)13-5-20)16-26-14-15-28(35-26)22-8-10-24(30)11-9-22/h2-16H,17-18H2,1H3,(H,32,34)/b23-16-. The number of ketones is 1. The highest BCUT2D eigenvalue weighted by molar-refractivity contribution is 6.30. The lowest BCUT2D eigenvalue weighted by atomic mass is 10.0. The van der Waals surface area contributed by atoms with Gasteiger partial charge in [0.15, 0.2) is 5.78 Å². The van der Waals surface area contributed by atoms with Gasteiger partial charge in [-0.05, 0) is 67.1 Å². The van der Waals surface area contributed by atoms with E-state index in [4.69, 9.17) is 16.0 Å². The lowest BCUT2D eigenvalue weighted by Crippen LogP contribution is -2.25. The first-order chi connectivity index (χ1) is 16.9. The lowest BCUT2D eigenvalue weighted by molar-refractivity contribution is -0.117. The second-order valence-electron chi connectivity index (χ2n) is 8.15. The molecule has 1 N–H and O–H groups in total. The first-order valence-corrected chi connectivity index (χ1v) is 11.4. The Morgan fingerprint density at radius 3 is 2.29 bits per heavy atom. The maximum atomic E-state index is 13.2. The topological polar surface area (TPSA) is 59.3 Å². The van der Waals surface area contributed by atoms with E-state index in [9.17, 15) is 14.0 Å². The van der Waals surface area contributed by atoms with Gasteiger partial charge in [0.05, 0.1) is 0 Å². The SMILES string of the molecule is Cc1ccc(C(=O)C/C(=C/c2ccc(-c3ccc(Cl)cc3)o2)C(=O)NCc2ccc(F)cc2)cc1. The lowest BCUT2D eigenvalue weighted by Gasteiger charge is -2.09. The van der Waals surface area contributed by atoms with Gasteiger partial charge in [0.25, 0.3) is 0 Å². The smallest absolute Gasteiger partial charge is 0.248 e. The van der Waals surface area contributed by atoms with Gasteiger partial charge in [-0.15, -0.1) is 0 Å². The van der Waals surface area contributed by atoms with Crippen molar-refractivity contribution in [1.82, 2.24) is 5.32 Å². The van der Waals surface area contributed by atoms with Crippen molar-refractivity contribution < 1.29 is 18.4 Å². The Morgan fingerprint density at radius 2 is 1.60 bits per heavy atom. The summed E-state index contributed by atoms with van der Waals surface area (Å²) >= 11 is 5.96. The molecule has 176 valence electrons. The Balaban J connectivity index is 1.57. The van der Waals surface area contributed by atoms with Crippen LogP contribution >= 0.6 is 11.6 Å². The molecule has 35 heavy (non-hydrogen) atoms. The van der Waals surface area contributed by atoms with E-state index < -0.39 is 5.91 Å². The molecule has 1 heterocycles. The zero-order valence-corrected chi connectivity index (χ0v) is 19.8. The predicted molar refractivity (Wildman–Crippen MR) is 136 cm³/mol. The van der Waals surface area contributed by atoms with E-state index in [0.29, 0.717) is 22.1 Å². The van der Waals surface area contributed by atoms with Crippen molar-refractivity contribution in [3.8, 4) is 11.3 Å². The third kappa shape index (κ3) is 6.55. The Bertz CT molecular complexity index is 1350. The molecule has 1 amide bonds. The highest BCUT2D eigenvalue weighted by Crippen LogP contribution is 2.25. The van der Waals surface area contributed by atoms with Gasteiger partial charge in [0, 0.05) is 34.7 Å². The molecule has 4 rings (SSSR count). The van der Waals surface area contributed by atoms with Gasteiger partial charge < -0.3 is 9.73 Å². The van der Waals surface area contributed by atoms with Crippen molar-refractivity contribution in [3.63, 3.8) is 0 Å². The van der Waals surface area contributed by atoms with Crippen molar-refractivity contribution in [2.24, 2.45) is 0 Å². The summed E-state index contributed by atoms with van der Waals surface area (Å²) in [6, 6.07) is 23.8. The first kappa shape index (κ1) is 24.2. The van der Waals surface area contributed by atoms with Crippen LogP contribution in [-0.2, 0) is 11.3 Å². The minimum atomic E-state index is -0.403. The molecule has 0 aliphatic heterocycles. The van der Waals surface area contributed by atoms with Crippen LogP contribution in [0.4, 0.5) is 4.39 Å². The van der Waals surface area contributed by atoms with E-state index in [1.807, 2.05) is 31.2 Å². The maximum absolute atomic E-state index is 13.2. The normalized spacial score (nSPS) is 11.3. The number of Topliss-reactive ketones (excluding diaryl/α,β-unsaturated/α-hetero) is 1. The highest BCUT2D eigenvalue weighted by Gasteiger charge is 2.17. The molecule has 0 unspecified atom stereocenters. The Kier molecular flexibility index (Phi) is 7.58. The molecular formula is C29H23ClFNO3. The van der Waals surface area contributed by atoms with Crippen LogP contribution in [-0.4, -0.2) is 11.7 Å². The fourth-order valence-electron chi connectivity index (χ4n) is 3.48. The molecule has 0 aliphatic rings. The average Bonchev–Trinajstić information content (AvgIpc) is 3.32. The van der Waals surface area contributed by atoms with Crippen LogP contribution < -0.4 is 5.32 Å². The fraction of sp³-hybridized carbons (Fsp3) is 0.103. The zero-order valence-electron chi connectivity index (χ0n) is 19.1. The Morgan fingerprint density at radius 1 is 0.914 bits per heavy atom. The molecule has 0 radical (unpaired) electrons. The second kappa shape index (κ2) is 11.0. The number of benzene rings is 3. The van der Waals surface area contributed by atoms with E-state index in [1.54, 1.807) is 54.6 Å². The van der Waals surface area contributed by atoms with Crippen LogP contribution in [0.15, 0.2) is 94.9 Å². The summed E-state index contributed by atoms with van der Waals surface area (Å²) in [6.07, 6.45) is 1.47. The minimum absolute atomic E-state index is 0.102. The minimum Gasteiger partial charge on any atom is -0.457 e. The van der Waals surface area contributed by atoms with Crippen molar-refractivity contribution in [2.45, 2.75) is 19.9 Å². The number of carbonyl (C=O) groups excluding carboxylic acids is 2. The molecule has 4 aromatic rings. The van der Waals surface area contributed by atoms with Gasteiger partial charge in [-0.2, -0.15) is 0 Å². The van der Waals surface area contributed by atoms with Crippen LogP contribution in [0.5, 0.6) is 0 Å². The van der Waals surface area contributed by atoms with E-state index in [1.165, 1.54) is 12.1 Å². The van der Waals surface area contributed by atoms with Crippen molar-refractivity contribution >= 4 is 29.4 Å². The monoisotopic (exact) mass is 487 g/mol. The molecule has 6 heteroatoms. The second-order valence-corrected chi connectivity index (χ2v) is 8.59. The zero-order chi connectivity index (χ0) is 24.8. The number of carbonyl (C=O) groups is 2. The molecule has 0 aliphatic carbocycles. The molecule has 0 bridgehead atoms. The van der Waals surface area contributed by atoms with Gasteiger partial charge in [0.1, 0.15) is 17.3 Å². The van der Waals surface area contributed by atoms with Gasteiger partial charge >= 0.3 is 0 Å². The van der Waals surface area contributed by atoms with Gasteiger partial charge in [-0.1, -0.05) is 53.6 Å². The van der Waals surface area contributed by atoms with Crippen LogP contribution in [0.1, 0.15) is 33.7 Å². The van der Waals surface area contributed by atoms with Crippen LogP contribution in [0.2, 0.25) is 5.02 Å². The number of furan rings is 1. The summed E-state index contributed by atoms with van der Waals surface area (Å²) < 4.78 is 19.1. The maximum Gasteiger partial charge on any atom is 0.248 e. The number of rotatable bonds is 8. The summed E-state index contributed by atoms with van der Waals surface area (Å²) in [5, 5.41) is 3.43. The Labute approximate surface area is 208 Å². The van der Waals surface area contributed by atoms with Crippen LogP contribution in [0.3, 0.4) is 0 Å². The number of amides is 1. The fourth-order valence-corrected chi connectivity index (χ4v) is 3.61. The number of nitrogens with one attached hydrogen (secondary N) is 1. The molecule has 4 nitrogen and oxygen atoms in total. The molecular weight excluding hydrogens is 465 g/mol. The van der Waals surface area contributed by atoms with E-state index in [2.05, 4.69) is 5.32 Å². The third-order valence-corrected chi connectivity index (χ3v) is 5.71.